The second-order valence-electron chi connectivity index (χ2n) is 4.01. The smallest absolute Gasteiger partial charge is 0.0596 e. The first-order valence-corrected chi connectivity index (χ1v) is 4.84. The molecule has 1 aromatic heterocycles. The van der Waals surface area contributed by atoms with Gasteiger partial charge in [0.1, 0.15) is 0 Å². The first kappa shape index (κ1) is 8.75. The molecule has 1 aliphatic carbocycles. The molecule has 2 unspecified atom stereocenters. The predicted octanol–water partition coefficient (Wildman–Crippen LogP) is 1.04. The Labute approximate surface area is 78.4 Å². The van der Waals surface area contributed by atoms with Crippen LogP contribution >= 0.6 is 0 Å². The van der Waals surface area contributed by atoms with Crippen LogP contribution in [0.15, 0.2) is 6.07 Å². The van der Waals surface area contributed by atoms with Gasteiger partial charge in [0.25, 0.3) is 0 Å². The monoisotopic (exact) mass is 180 g/mol. The number of nitrogens with zero attached hydrogens (tertiary/aromatic N) is 2. The van der Waals surface area contributed by atoms with Gasteiger partial charge in [-0.05, 0) is 38.2 Å². The molecule has 2 atom stereocenters. The maximum Gasteiger partial charge on any atom is 0.0596 e. The molecule has 0 aromatic carbocycles. The van der Waals surface area contributed by atoms with Crippen molar-refractivity contribution >= 4 is 0 Å². The largest absolute Gasteiger partial charge is 0.393 e. The quantitative estimate of drug-likeness (QED) is 0.738. The molecule has 1 N–H and O–H groups in total. The SMILES string of the molecule is Cc1cc(CC2CCC2O)n(C)n1. The molecule has 0 saturated heterocycles. The van der Waals surface area contributed by atoms with E-state index in [-0.39, 0.29) is 6.10 Å². The molecular formula is C10H16N2O. The highest BCUT2D eigenvalue weighted by Crippen LogP contribution is 2.30. The van der Waals surface area contributed by atoms with Crippen LogP contribution in [0.5, 0.6) is 0 Å². The summed E-state index contributed by atoms with van der Waals surface area (Å²) in [5, 5.41) is 13.7. The normalized spacial score (nSPS) is 27.3. The average molecular weight is 180 g/mol. The van der Waals surface area contributed by atoms with Crippen molar-refractivity contribution in [1.29, 1.82) is 0 Å². The van der Waals surface area contributed by atoms with Crippen molar-refractivity contribution in [3.63, 3.8) is 0 Å². The molecule has 3 heteroatoms. The number of rotatable bonds is 2. The Bertz CT molecular complexity index is 306. The van der Waals surface area contributed by atoms with Crippen LogP contribution in [0.2, 0.25) is 0 Å². The highest BCUT2D eigenvalue weighted by atomic mass is 16.3. The van der Waals surface area contributed by atoms with Crippen molar-refractivity contribution in [1.82, 2.24) is 9.78 Å². The highest BCUT2D eigenvalue weighted by molar-refractivity contribution is 5.10. The molecule has 0 radical (unpaired) electrons. The van der Waals surface area contributed by atoms with Crippen LogP contribution in [0.25, 0.3) is 0 Å². The van der Waals surface area contributed by atoms with Crippen LogP contribution < -0.4 is 0 Å². The van der Waals surface area contributed by atoms with Gasteiger partial charge in [0.05, 0.1) is 11.8 Å². The second-order valence-corrected chi connectivity index (χ2v) is 4.01. The third-order valence-electron chi connectivity index (χ3n) is 2.95. The Hall–Kier alpha value is -0.830. The molecule has 3 nitrogen and oxygen atoms in total. The summed E-state index contributed by atoms with van der Waals surface area (Å²) < 4.78 is 1.92. The van der Waals surface area contributed by atoms with Crippen LogP contribution in [0, 0.1) is 12.8 Å². The van der Waals surface area contributed by atoms with Gasteiger partial charge in [-0.2, -0.15) is 5.10 Å². The lowest BCUT2D eigenvalue weighted by atomic mass is 9.79. The molecule has 1 aliphatic rings. The molecule has 0 bridgehead atoms. The number of aliphatic hydroxyl groups excluding tert-OH is 1. The number of hydrogen-bond acceptors (Lipinski definition) is 2. The average Bonchev–Trinajstić information content (AvgIpc) is 2.38. The summed E-state index contributed by atoms with van der Waals surface area (Å²) in [6.07, 6.45) is 3.03. The molecule has 1 heterocycles. The zero-order valence-corrected chi connectivity index (χ0v) is 8.20. The minimum Gasteiger partial charge on any atom is -0.393 e. The maximum atomic E-state index is 9.44. The van der Waals surface area contributed by atoms with E-state index in [4.69, 9.17) is 0 Å². The number of hydrogen-bond donors (Lipinski definition) is 1. The summed E-state index contributed by atoms with van der Waals surface area (Å²) in [7, 11) is 1.97. The summed E-state index contributed by atoms with van der Waals surface area (Å²) >= 11 is 0. The fourth-order valence-corrected chi connectivity index (χ4v) is 1.91. The third kappa shape index (κ3) is 1.61. The Morgan fingerprint density at radius 1 is 1.62 bits per heavy atom. The minimum absolute atomic E-state index is 0.0739. The van der Waals surface area contributed by atoms with E-state index in [1.165, 1.54) is 5.69 Å². The van der Waals surface area contributed by atoms with Crippen LogP contribution in [-0.4, -0.2) is 21.0 Å². The van der Waals surface area contributed by atoms with Crippen molar-refractivity contribution in [3.05, 3.63) is 17.5 Å². The van der Waals surface area contributed by atoms with Crippen LogP contribution in [0.4, 0.5) is 0 Å². The van der Waals surface area contributed by atoms with Gasteiger partial charge in [0.2, 0.25) is 0 Å². The van der Waals surface area contributed by atoms with Gasteiger partial charge in [0.15, 0.2) is 0 Å². The fraction of sp³-hybridized carbons (Fsp3) is 0.700. The molecular weight excluding hydrogens is 164 g/mol. The molecule has 0 aliphatic heterocycles. The summed E-state index contributed by atoms with van der Waals surface area (Å²) in [5.74, 6) is 0.467. The lowest BCUT2D eigenvalue weighted by Crippen LogP contribution is -2.33. The zero-order valence-electron chi connectivity index (χ0n) is 8.20. The van der Waals surface area contributed by atoms with E-state index in [0.29, 0.717) is 5.92 Å². The van der Waals surface area contributed by atoms with Crippen molar-refractivity contribution in [2.45, 2.75) is 32.3 Å². The van der Waals surface area contributed by atoms with E-state index >= 15 is 0 Å². The van der Waals surface area contributed by atoms with Crippen LogP contribution in [0.3, 0.4) is 0 Å². The van der Waals surface area contributed by atoms with E-state index in [1.807, 2.05) is 18.7 Å². The zero-order chi connectivity index (χ0) is 9.42. The molecule has 1 saturated carbocycles. The van der Waals surface area contributed by atoms with Gasteiger partial charge in [-0.3, -0.25) is 4.68 Å². The Morgan fingerprint density at radius 3 is 2.77 bits per heavy atom. The van der Waals surface area contributed by atoms with Gasteiger partial charge in [-0.15, -0.1) is 0 Å². The van der Waals surface area contributed by atoms with Crippen molar-refractivity contribution in [3.8, 4) is 0 Å². The van der Waals surface area contributed by atoms with E-state index in [2.05, 4.69) is 11.2 Å². The lowest BCUT2D eigenvalue weighted by molar-refractivity contribution is 0.0235. The standard InChI is InChI=1S/C10H16N2O/c1-7-5-9(12(2)11-7)6-8-3-4-10(8)13/h5,8,10,13H,3-4,6H2,1-2H3. The number of aliphatic hydroxyl groups is 1. The second kappa shape index (κ2) is 3.14. The molecule has 1 fully saturated rings. The Kier molecular flexibility index (Phi) is 2.12. The van der Waals surface area contributed by atoms with Crippen molar-refractivity contribution < 1.29 is 5.11 Å². The first-order chi connectivity index (χ1) is 6.16. The van der Waals surface area contributed by atoms with Crippen LogP contribution in [-0.2, 0) is 13.5 Å². The fourth-order valence-electron chi connectivity index (χ4n) is 1.91. The maximum absolute atomic E-state index is 9.44. The van der Waals surface area contributed by atoms with E-state index < -0.39 is 0 Å². The topological polar surface area (TPSA) is 38.0 Å². The highest BCUT2D eigenvalue weighted by Gasteiger charge is 2.29. The molecule has 2 rings (SSSR count). The van der Waals surface area contributed by atoms with E-state index in [0.717, 1.165) is 25.0 Å². The Morgan fingerprint density at radius 2 is 2.38 bits per heavy atom. The van der Waals surface area contributed by atoms with Crippen molar-refractivity contribution in [2.75, 3.05) is 0 Å². The van der Waals surface area contributed by atoms with E-state index in [9.17, 15) is 5.11 Å². The summed E-state index contributed by atoms with van der Waals surface area (Å²) in [5.41, 5.74) is 2.30. The van der Waals surface area contributed by atoms with Gasteiger partial charge in [-0.25, -0.2) is 0 Å². The van der Waals surface area contributed by atoms with E-state index in [1.54, 1.807) is 0 Å². The number of aryl methyl sites for hydroxylation is 2. The summed E-state index contributed by atoms with van der Waals surface area (Å²) in [4.78, 5) is 0. The van der Waals surface area contributed by atoms with Gasteiger partial charge >= 0.3 is 0 Å². The molecule has 0 amide bonds. The number of aromatic nitrogens is 2. The molecule has 0 spiro atoms. The summed E-state index contributed by atoms with van der Waals surface area (Å²) in [6, 6.07) is 2.10. The van der Waals surface area contributed by atoms with Gasteiger partial charge < -0.3 is 5.11 Å². The lowest BCUT2D eigenvalue weighted by Gasteiger charge is -2.32. The summed E-state index contributed by atoms with van der Waals surface area (Å²) in [6.45, 7) is 2.00. The first-order valence-electron chi connectivity index (χ1n) is 4.84. The predicted molar refractivity (Wildman–Crippen MR) is 50.4 cm³/mol. The van der Waals surface area contributed by atoms with Crippen molar-refractivity contribution in [2.24, 2.45) is 13.0 Å². The van der Waals surface area contributed by atoms with Gasteiger partial charge in [-0.1, -0.05) is 0 Å². The minimum atomic E-state index is -0.0739. The Balaban J connectivity index is 2.04. The molecule has 72 valence electrons. The third-order valence-corrected chi connectivity index (χ3v) is 2.95. The molecule has 1 aromatic rings. The molecule has 13 heavy (non-hydrogen) atoms. The van der Waals surface area contributed by atoms with Crippen LogP contribution in [0.1, 0.15) is 24.2 Å². The van der Waals surface area contributed by atoms with Gasteiger partial charge in [0, 0.05) is 12.7 Å².